The van der Waals surface area contributed by atoms with Gasteiger partial charge in [-0.2, -0.15) is 0 Å². The highest BCUT2D eigenvalue weighted by atomic mass is 16.2. The Bertz CT molecular complexity index is 929. The predicted octanol–water partition coefficient (Wildman–Crippen LogP) is 2.02. The largest absolute Gasteiger partial charge is 0.341 e. The molecule has 2 aromatic rings. The SMILES string of the molecule is Cc1ccccc1CC[C@@H]1CCCN(C(=O)Cn2cc(C)c(=O)[nH]c2=O)C1. The quantitative estimate of drug-likeness (QED) is 0.876. The number of carbonyl (C=O) groups is 1. The molecule has 27 heavy (non-hydrogen) atoms. The van der Waals surface area contributed by atoms with E-state index in [4.69, 9.17) is 0 Å². The van der Waals surface area contributed by atoms with Crippen LogP contribution in [0.4, 0.5) is 0 Å². The molecule has 1 saturated heterocycles. The number of nitrogens with zero attached hydrogens (tertiary/aromatic N) is 2. The lowest BCUT2D eigenvalue weighted by Gasteiger charge is -2.33. The second-order valence-corrected chi connectivity index (χ2v) is 7.51. The Morgan fingerprint density at radius 3 is 2.74 bits per heavy atom. The number of benzene rings is 1. The van der Waals surface area contributed by atoms with Gasteiger partial charge in [0, 0.05) is 24.8 Å². The van der Waals surface area contributed by atoms with Crippen molar-refractivity contribution in [3.8, 4) is 0 Å². The van der Waals surface area contributed by atoms with E-state index in [0.29, 0.717) is 11.5 Å². The van der Waals surface area contributed by atoms with E-state index in [-0.39, 0.29) is 12.5 Å². The molecule has 0 aliphatic carbocycles. The van der Waals surface area contributed by atoms with E-state index < -0.39 is 11.2 Å². The fraction of sp³-hybridized carbons (Fsp3) is 0.476. The first-order valence-corrected chi connectivity index (χ1v) is 9.56. The van der Waals surface area contributed by atoms with Gasteiger partial charge in [0.15, 0.2) is 0 Å². The Morgan fingerprint density at radius 1 is 1.19 bits per heavy atom. The van der Waals surface area contributed by atoms with E-state index in [1.807, 2.05) is 4.90 Å². The van der Waals surface area contributed by atoms with Gasteiger partial charge in [-0.05, 0) is 56.6 Å². The molecule has 1 fully saturated rings. The molecule has 1 aromatic carbocycles. The van der Waals surface area contributed by atoms with Gasteiger partial charge in [0.2, 0.25) is 5.91 Å². The summed E-state index contributed by atoms with van der Waals surface area (Å²) < 4.78 is 1.29. The molecule has 2 heterocycles. The molecule has 1 aliphatic heterocycles. The van der Waals surface area contributed by atoms with Crippen molar-refractivity contribution in [3.05, 3.63) is 68.0 Å². The van der Waals surface area contributed by atoms with Crippen molar-refractivity contribution in [3.63, 3.8) is 0 Å². The van der Waals surface area contributed by atoms with Crippen molar-refractivity contribution in [2.75, 3.05) is 13.1 Å². The number of piperidine rings is 1. The van der Waals surface area contributed by atoms with Crippen molar-refractivity contribution in [2.24, 2.45) is 5.92 Å². The van der Waals surface area contributed by atoms with Crippen molar-refractivity contribution in [2.45, 2.75) is 46.1 Å². The number of likely N-dealkylation sites (tertiary alicyclic amines) is 1. The molecule has 1 N–H and O–H groups in total. The lowest BCUT2D eigenvalue weighted by atomic mass is 9.90. The maximum Gasteiger partial charge on any atom is 0.328 e. The first kappa shape index (κ1) is 19.1. The molecule has 6 heteroatoms. The van der Waals surface area contributed by atoms with Crippen molar-refractivity contribution >= 4 is 5.91 Å². The summed E-state index contributed by atoms with van der Waals surface area (Å²) in [4.78, 5) is 40.1. The minimum absolute atomic E-state index is 0.0268. The molecule has 1 atom stereocenters. The minimum atomic E-state index is -0.535. The first-order valence-electron chi connectivity index (χ1n) is 9.56. The van der Waals surface area contributed by atoms with Gasteiger partial charge in [-0.1, -0.05) is 24.3 Å². The molecule has 0 radical (unpaired) electrons. The van der Waals surface area contributed by atoms with Gasteiger partial charge in [0.25, 0.3) is 5.56 Å². The summed E-state index contributed by atoms with van der Waals surface area (Å²) in [5, 5.41) is 0. The zero-order valence-electron chi connectivity index (χ0n) is 16.0. The first-order chi connectivity index (χ1) is 12.9. The summed E-state index contributed by atoms with van der Waals surface area (Å²) in [5.74, 6) is 0.417. The number of nitrogens with one attached hydrogen (secondary N) is 1. The number of hydrogen-bond acceptors (Lipinski definition) is 3. The second kappa shape index (κ2) is 8.37. The highest BCUT2D eigenvalue weighted by molar-refractivity contribution is 5.76. The van der Waals surface area contributed by atoms with Gasteiger partial charge in [-0.25, -0.2) is 4.79 Å². The van der Waals surface area contributed by atoms with Gasteiger partial charge in [-0.3, -0.25) is 19.1 Å². The van der Waals surface area contributed by atoms with Crippen LogP contribution in [-0.2, 0) is 17.8 Å². The monoisotopic (exact) mass is 369 g/mol. The Hall–Kier alpha value is -2.63. The van der Waals surface area contributed by atoms with Crippen LogP contribution in [0.25, 0.3) is 0 Å². The number of aromatic amines is 1. The van der Waals surface area contributed by atoms with Crippen LogP contribution in [0.2, 0.25) is 0 Å². The van der Waals surface area contributed by atoms with Crippen LogP contribution in [0.1, 0.15) is 36.0 Å². The predicted molar refractivity (Wildman–Crippen MR) is 105 cm³/mol. The van der Waals surface area contributed by atoms with E-state index in [9.17, 15) is 14.4 Å². The Balaban J connectivity index is 1.60. The summed E-state index contributed by atoms with van der Waals surface area (Å²) in [5.41, 5.74) is 2.17. The topological polar surface area (TPSA) is 75.2 Å². The zero-order valence-corrected chi connectivity index (χ0v) is 16.0. The summed E-state index contributed by atoms with van der Waals surface area (Å²) >= 11 is 0. The van der Waals surface area contributed by atoms with Crippen LogP contribution in [0, 0.1) is 19.8 Å². The van der Waals surface area contributed by atoms with Gasteiger partial charge in [-0.15, -0.1) is 0 Å². The number of rotatable bonds is 5. The number of aromatic nitrogens is 2. The zero-order chi connectivity index (χ0) is 19.4. The third-order valence-electron chi connectivity index (χ3n) is 5.45. The highest BCUT2D eigenvalue weighted by Crippen LogP contribution is 2.22. The summed E-state index contributed by atoms with van der Waals surface area (Å²) in [7, 11) is 0. The second-order valence-electron chi connectivity index (χ2n) is 7.51. The molecular formula is C21H27N3O3. The molecular weight excluding hydrogens is 342 g/mol. The number of carbonyl (C=O) groups excluding carboxylic acids is 1. The van der Waals surface area contributed by atoms with Gasteiger partial charge in [0.05, 0.1) is 0 Å². The Labute approximate surface area is 158 Å². The molecule has 3 rings (SSSR count). The van der Waals surface area contributed by atoms with E-state index in [0.717, 1.165) is 38.8 Å². The number of aryl methyl sites for hydroxylation is 3. The van der Waals surface area contributed by atoms with Crippen LogP contribution >= 0.6 is 0 Å². The molecule has 144 valence electrons. The standard InChI is InChI=1S/C21H27N3O3/c1-15-6-3-4-8-18(15)10-9-17-7-5-11-23(13-17)19(25)14-24-12-16(2)20(26)22-21(24)27/h3-4,6,8,12,17H,5,7,9-11,13-14H2,1-2H3,(H,22,26,27)/t17-/m0/s1. The maximum atomic E-state index is 12.7. The molecule has 0 saturated carbocycles. The van der Waals surface area contributed by atoms with E-state index in [1.165, 1.54) is 21.9 Å². The van der Waals surface area contributed by atoms with Crippen molar-refractivity contribution in [1.29, 1.82) is 0 Å². The lowest BCUT2D eigenvalue weighted by Crippen LogP contribution is -2.43. The third kappa shape index (κ3) is 4.76. The van der Waals surface area contributed by atoms with Crippen LogP contribution in [0.5, 0.6) is 0 Å². The third-order valence-corrected chi connectivity index (χ3v) is 5.45. The number of amides is 1. The Morgan fingerprint density at radius 2 is 1.96 bits per heavy atom. The molecule has 1 aromatic heterocycles. The maximum absolute atomic E-state index is 12.7. The summed E-state index contributed by atoms with van der Waals surface area (Å²) in [6.45, 7) is 5.21. The summed E-state index contributed by atoms with van der Waals surface area (Å²) in [6.07, 6.45) is 5.67. The van der Waals surface area contributed by atoms with E-state index in [1.54, 1.807) is 6.92 Å². The van der Waals surface area contributed by atoms with Crippen molar-refractivity contribution < 1.29 is 4.79 Å². The average molecular weight is 369 g/mol. The van der Waals surface area contributed by atoms with E-state index in [2.05, 4.69) is 36.2 Å². The van der Waals surface area contributed by atoms with Gasteiger partial charge in [0.1, 0.15) is 6.54 Å². The Kier molecular flexibility index (Phi) is 5.94. The van der Waals surface area contributed by atoms with Gasteiger partial charge >= 0.3 is 5.69 Å². The fourth-order valence-electron chi connectivity index (χ4n) is 3.76. The van der Waals surface area contributed by atoms with Crippen LogP contribution in [0.15, 0.2) is 40.1 Å². The highest BCUT2D eigenvalue weighted by Gasteiger charge is 2.24. The fourth-order valence-corrected chi connectivity index (χ4v) is 3.76. The van der Waals surface area contributed by atoms with Gasteiger partial charge < -0.3 is 4.90 Å². The van der Waals surface area contributed by atoms with Crippen molar-refractivity contribution in [1.82, 2.24) is 14.5 Å². The molecule has 0 spiro atoms. The van der Waals surface area contributed by atoms with E-state index >= 15 is 0 Å². The van der Waals surface area contributed by atoms with Crippen LogP contribution in [0.3, 0.4) is 0 Å². The molecule has 6 nitrogen and oxygen atoms in total. The van der Waals surface area contributed by atoms with Crippen LogP contribution < -0.4 is 11.2 Å². The normalized spacial score (nSPS) is 17.1. The van der Waals surface area contributed by atoms with Crippen LogP contribution in [-0.4, -0.2) is 33.4 Å². The minimum Gasteiger partial charge on any atom is -0.341 e. The number of hydrogen-bond donors (Lipinski definition) is 1. The summed E-state index contributed by atoms with van der Waals surface area (Å²) in [6, 6.07) is 8.44. The molecule has 1 amide bonds. The lowest BCUT2D eigenvalue weighted by molar-refractivity contribution is -0.133. The number of H-pyrrole nitrogens is 1. The molecule has 0 bridgehead atoms. The molecule has 1 aliphatic rings. The molecule has 0 unspecified atom stereocenters. The average Bonchev–Trinajstić information content (AvgIpc) is 2.65. The smallest absolute Gasteiger partial charge is 0.328 e.